The summed E-state index contributed by atoms with van der Waals surface area (Å²) < 4.78 is 9.63. The van der Waals surface area contributed by atoms with E-state index in [9.17, 15) is 9.59 Å². The summed E-state index contributed by atoms with van der Waals surface area (Å²) in [6, 6.07) is 1.33. The van der Waals surface area contributed by atoms with Crippen molar-refractivity contribution < 1.29 is 18.7 Å². The number of furan rings is 1. The molecule has 1 aromatic heterocycles. The van der Waals surface area contributed by atoms with E-state index in [4.69, 9.17) is 4.42 Å². The van der Waals surface area contributed by atoms with Crippen LogP contribution in [0.25, 0.3) is 0 Å². The van der Waals surface area contributed by atoms with Gasteiger partial charge in [0.15, 0.2) is 0 Å². The first-order valence-electron chi connectivity index (χ1n) is 5.75. The Kier molecular flexibility index (Phi) is 5.38. The molecular weight excluding hydrogens is 236 g/mol. The summed E-state index contributed by atoms with van der Waals surface area (Å²) in [6.45, 7) is 4.56. The quantitative estimate of drug-likeness (QED) is 0.730. The fraction of sp³-hybridized carbons (Fsp3) is 0.500. The van der Waals surface area contributed by atoms with Gasteiger partial charge in [0.2, 0.25) is 11.7 Å². The molecule has 1 aromatic rings. The van der Waals surface area contributed by atoms with Gasteiger partial charge in [-0.15, -0.1) is 0 Å². The van der Waals surface area contributed by atoms with E-state index in [1.165, 1.54) is 13.4 Å². The maximum Gasteiger partial charge on any atom is 0.374 e. The number of likely N-dealkylation sites (N-methyl/N-ethyl adjacent to an activating group) is 1. The number of methoxy groups -OCH3 is 1. The zero-order valence-electron chi connectivity index (χ0n) is 10.8. The van der Waals surface area contributed by atoms with Gasteiger partial charge in [-0.25, -0.2) is 4.79 Å². The lowest BCUT2D eigenvalue weighted by atomic mass is 10.2. The molecule has 0 radical (unpaired) electrons. The third-order valence-corrected chi connectivity index (χ3v) is 2.46. The van der Waals surface area contributed by atoms with E-state index in [1.807, 2.05) is 6.92 Å². The highest BCUT2D eigenvalue weighted by Gasteiger charge is 2.17. The van der Waals surface area contributed by atoms with Crippen molar-refractivity contribution in [2.24, 2.45) is 0 Å². The van der Waals surface area contributed by atoms with Gasteiger partial charge in [0, 0.05) is 18.7 Å². The molecule has 1 heterocycles. The molecule has 0 fully saturated rings. The minimum absolute atomic E-state index is 0.0828. The number of esters is 1. The molecule has 0 bridgehead atoms. The van der Waals surface area contributed by atoms with Gasteiger partial charge in [-0.3, -0.25) is 4.79 Å². The number of hydrogen-bond acceptors (Lipinski definition) is 5. The molecule has 6 nitrogen and oxygen atoms in total. The Balaban J connectivity index is 2.56. The van der Waals surface area contributed by atoms with Crippen molar-refractivity contribution in [3.8, 4) is 0 Å². The first kappa shape index (κ1) is 14.2. The lowest BCUT2D eigenvalue weighted by Gasteiger charge is -2.12. The number of nitrogens with one attached hydrogen (secondary N) is 2. The molecule has 0 aliphatic rings. The molecule has 2 N–H and O–H groups in total. The Bertz CT molecular complexity index is 414. The lowest BCUT2D eigenvalue weighted by molar-refractivity contribution is -0.122. The van der Waals surface area contributed by atoms with Crippen LogP contribution in [0.15, 0.2) is 16.7 Å². The summed E-state index contributed by atoms with van der Waals surface area (Å²) in [6.07, 6.45) is 1.42. The van der Waals surface area contributed by atoms with Gasteiger partial charge < -0.3 is 19.8 Å². The predicted molar refractivity (Wildman–Crippen MR) is 65.0 cm³/mol. The van der Waals surface area contributed by atoms with E-state index < -0.39 is 5.97 Å². The smallest absolute Gasteiger partial charge is 0.374 e. The molecule has 0 saturated carbocycles. The molecule has 0 aliphatic carbocycles. The molecule has 100 valence electrons. The van der Waals surface area contributed by atoms with Crippen LogP contribution in [0.1, 0.15) is 30.0 Å². The monoisotopic (exact) mass is 254 g/mol. The van der Waals surface area contributed by atoms with Gasteiger partial charge in [-0.2, -0.15) is 0 Å². The second-order valence-corrected chi connectivity index (χ2v) is 3.76. The molecule has 1 amide bonds. The molecule has 0 aliphatic heterocycles. The van der Waals surface area contributed by atoms with Gasteiger partial charge >= 0.3 is 5.97 Å². The van der Waals surface area contributed by atoms with Gasteiger partial charge in [0.25, 0.3) is 0 Å². The van der Waals surface area contributed by atoms with E-state index in [2.05, 4.69) is 15.4 Å². The van der Waals surface area contributed by atoms with Crippen LogP contribution in [0.2, 0.25) is 0 Å². The van der Waals surface area contributed by atoms with E-state index in [0.29, 0.717) is 18.7 Å². The molecular formula is C12H18N2O4. The molecule has 0 saturated heterocycles. The number of ether oxygens (including phenoxy) is 1. The average Bonchev–Trinajstić information content (AvgIpc) is 2.83. The highest BCUT2D eigenvalue weighted by molar-refractivity contribution is 5.87. The van der Waals surface area contributed by atoms with Crippen molar-refractivity contribution in [2.45, 2.75) is 26.4 Å². The SMILES string of the molecule is CCNC(=O)C(C)NCc1ccoc1C(=O)OC. The highest BCUT2D eigenvalue weighted by Crippen LogP contribution is 2.11. The minimum atomic E-state index is -0.525. The van der Waals surface area contributed by atoms with E-state index >= 15 is 0 Å². The van der Waals surface area contributed by atoms with Crippen molar-refractivity contribution >= 4 is 11.9 Å². The molecule has 0 aromatic carbocycles. The average molecular weight is 254 g/mol. The molecule has 18 heavy (non-hydrogen) atoms. The number of carbonyl (C=O) groups is 2. The van der Waals surface area contributed by atoms with Crippen molar-refractivity contribution in [1.29, 1.82) is 0 Å². The molecule has 1 rings (SSSR count). The molecule has 1 unspecified atom stereocenters. The predicted octanol–water partition coefficient (Wildman–Crippen LogP) is 0.680. The standard InChI is InChI=1S/C12H18N2O4/c1-4-13-11(15)8(2)14-7-9-5-6-18-10(9)12(16)17-3/h5-6,8,14H,4,7H2,1-3H3,(H,13,15). The topological polar surface area (TPSA) is 80.6 Å². The van der Waals surface area contributed by atoms with Crippen LogP contribution in [0, 0.1) is 0 Å². The maximum atomic E-state index is 11.5. The first-order chi connectivity index (χ1) is 8.60. The first-order valence-corrected chi connectivity index (χ1v) is 5.75. The summed E-state index contributed by atoms with van der Waals surface area (Å²) >= 11 is 0. The Labute approximate surface area is 106 Å². The summed E-state index contributed by atoms with van der Waals surface area (Å²) in [5.74, 6) is -0.448. The number of carbonyl (C=O) groups excluding carboxylic acids is 2. The number of amides is 1. The molecule has 6 heteroatoms. The maximum absolute atomic E-state index is 11.5. The van der Waals surface area contributed by atoms with Crippen LogP contribution in [-0.4, -0.2) is 31.6 Å². The Morgan fingerprint density at radius 2 is 2.22 bits per heavy atom. The summed E-state index contributed by atoms with van der Waals surface area (Å²) in [4.78, 5) is 22.8. The van der Waals surface area contributed by atoms with Crippen LogP contribution in [0.4, 0.5) is 0 Å². The number of hydrogen-bond donors (Lipinski definition) is 2. The fourth-order valence-corrected chi connectivity index (χ4v) is 1.43. The van der Waals surface area contributed by atoms with Crippen LogP contribution in [0.5, 0.6) is 0 Å². The fourth-order valence-electron chi connectivity index (χ4n) is 1.43. The van der Waals surface area contributed by atoms with E-state index in [0.717, 1.165) is 0 Å². The normalized spacial score (nSPS) is 11.9. The summed E-state index contributed by atoms with van der Waals surface area (Å²) in [5.41, 5.74) is 0.665. The lowest BCUT2D eigenvalue weighted by Crippen LogP contribution is -2.41. The van der Waals surface area contributed by atoms with E-state index in [1.54, 1.807) is 13.0 Å². The van der Waals surface area contributed by atoms with Crippen LogP contribution >= 0.6 is 0 Å². The zero-order chi connectivity index (χ0) is 13.5. The van der Waals surface area contributed by atoms with Crippen molar-refractivity contribution in [1.82, 2.24) is 10.6 Å². The summed E-state index contributed by atoms with van der Waals surface area (Å²) in [7, 11) is 1.29. The van der Waals surface area contributed by atoms with Crippen molar-refractivity contribution in [3.63, 3.8) is 0 Å². The third kappa shape index (κ3) is 3.59. The minimum Gasteiger partial charge on any atom is -0.463 e. The zero-order valence-corrected chi connectivity index (χ0v) is 10.8. The van der Waals surface area contributed by atoms with Crippen LogP contribution < -0.4 is 10.6 Å². The van der Waals surface area contributed by atoms with E-state index in [-0.39, 0.29) is 17.7 Å². The van der Waals surface area contributed by atoms with Gasteiger partial charge in [-0.1, -0.05) is 0 Å². The third-order valence-electron chi connectivity index (χ3n) is 2.46. The second-order valence-electron chi connectivity index (χ2n) is 3.76. The largest absolute Gasteiger partial charge is 0.463 e. The Morgan fingerprint density at radius 1 is 1.50 bits per heavy atom. The van der Waals surface area contributed by atoms with Gasteiger partial charge in [-0.05, 0) is 19.9 Å². The Morgan fingerprint density at radius 3 is 2.83 bits per heavy atom. The van der Waals surface area contributed by atoms with Crippen molar-refractivity contribution in [3.05, 3.63) is 23.7 Å². The highest BCUT2D eigenvalue weighted by atomic mass is 16.5. The van der Waals surface area contributed by atoms with Crippen LogP contribution in [0.3, 0.4) is 0 Å². The summed E-state index contributed by atoms with van der Waals surface area (Å²) in [5, 5.41) is 5.72. The number of rotatable bonds is 6. The van der Waals surface area contributed by atoms with Crippen molar-refractivity contribution in [2.75, 3.05) is 13.7 Å². The Hall–Kier alpha value is -1.82. The van der Waals surface area contributed by atoms with Gasteiger partial charge in [0.05, 0.1) is 19.4 Å². The van der Waals surface area contributed by atoms with Gasteiger partial charge in [0.1, 0.15) is 0 Å². The second kappa shape index (κ2) is 6.80. The van der Waals surface area contributed by atoms with Crippen LogP contribution in [-0.2, 0) is 16.1 Å². The molecule has 1 atom stereocenters. The molecule has 0 spiro atoms.